The van der Waals surface area contributed by atoms with E-state index in [0.717, 1.165) is 9.37 Å². The van der Waals surface area contributed by atoms with E-state index in [4.69, 9.17) is 0 Å². The van der Waals surface area contributed by atoms with Crippen molar-refractivity contribution < 1.29 is 13.5 Å². The molecule has 6 heteroatoms. The van der Waals surface area contributed by atoms with Crippen molar-refractivity contribution in [3.8, 4) is 0 Å². The number of halogens is 1. The summed E-state index contributed by atoms with van der Waals surface area (Å²) < 4.78 is 23.6. The van der Waals surface area contributed by atoms with Crippen LogP contribution in [0.25, 0.3) is 0 Å². The van der Waals surface area contributed by atoms with Crippen molar-refractivity contribution in [3.63, 3.8) is 0 Å². The molecule has 1 rings (SSSR count). The third-order valence-electron chi connectivity index (χ3n) is 2.67. The molecule has 0 aromatic heterocycles. The van der Waals surface area contributed by atoms with Gasteiger partial charge < -0.3 is 5.11 Å². The van der Waals surface area contributed by atoms with E-state index in [2.05, 4.69) is 15.9 Å². The topological polar surface area (TPSA) is 54.4 Å². The fourth-order valence-electron chi connectivity index (χ4n) is 1.52. The molecule has 3 nitrogen and oxygen atoms in total. The van der Waals surface area contributed by atoms with Gasteiger partial charge in [-0.1, -0.05) is 28.9 Å². The monoisotopic (exact) mass is 366 g/mol. The third-order valence-corrected chi connectivity index (χ3v) is 6.09. The molecule has 0 radical (unpaired) electrons. The van der Waals surface area contributed by atoms with Crippen LogP contribution >= 0.6 is 27.7 Å². The molecule has 0 aliphatic rings. The van der Waals surface area contributed by atoms with Gasteiger partial charge in [-0.25, -0.2) is 8.42 Å². The van der Waals surface area contributed by atoms with E-state index >= 15 is 0 Å². The lowest BCUT2D eigenvalue weighted by atomic mass is 10.2. The average molecular weight is 367 g/mol. The van der Waals surface area contributed by atoms with Crippen LogP contribution in [0.1, 0.15) is 19.8 Å². The Kier molecular flexibility index (Phi) is 7.42. The number of hydrogen-bond donors (Lipinski definition) is 1. The maximum absolute atomic E-state index is 11.3. The highest BCUT2D eigenvalue weighted by Gasteiger charge is 2.10. The van der Waals surface area contributed by atoms with Crippen molar-refractivity contribution in [1.82, 2.24) is 0 Å². The summed E-state index contributed by atoms with van der Waals surface area (Å²) in [6.45, 7) is 1.65. The lowest BCUT2D eigenvalue weighted by molar-refractivity contribution is 0.188. The summed E-state index contributed by atoms with van der Waals surface area (Å²) in [5.41, 5.74) is 0. The molecule has 0 aliphatic heterocycles. The summed E-state index contributed by atoms with van der Waals surface area (Å²) in [6, 6.07) is 7.89. The minimum atomic E-state index is -2.91. The summed E-state index contributed by atoms with van der Waals surface area (Å²) in [6.07, 6.45) is 0.590. The summed E-state index contributed by atoms with van der Waals surface area (Å²) in [5, 5.41) is 9.82. The van der Waals surface area contributed by atoms with Gasteiger partial charge in [-0.3, -0.25) is 0 Å². The van der Waals surface area contributed by atoms with Crippen LogP contribution < -0.4 is 0 Å². The van der Waals surface area contributed by atoms with Crippen LogP contribution in [-0.4, -0.2) is 36.9 Å². The van der Waals surface area contributed by atoms with Gasteiger partial charge in [0.05, 0.1) is 11.9 Å². The number of sulfone groups is 1. The van der Waals surface area contributed by atoms with Crippen molar-refractivity contribution in [2.75, 3.05) is 17.3 Å². The predicted molar refractivity (Wildman–Crippen MR) is 84.4 cm³/mol. The van der Waals surface area contributed by atoms with Crippen molar-refractivity contribution >= 4 is 37.5 Å². The summed E-state index contributed by atoms with van der Waals surface area (Å²) in [7, 11) is -2.91. The molecule has 108 valence electrons. The zero-order valence-electron chi connectivity index (χ0n) is 10.9. The van der Waals surface area contributed by atoms with Crippen LogP contribution in [0, 0.1) is 0 Å². The Hall–Kier alpha value is -0.0400. The second kappa shape index (κ2) is 8.29. The van der Waals surface area contributed by atoms with E-state index in [9.17, 15) is 13.5 Å². The first kappa shape index (κ1) is 17.0. The van der Waals surface area contributed by atoms with E-state index in [1.165, 1.54) is 0 Å². The van der Waals surface area contributed by atoms with Gasteiger partial charge in [-0.2, -0.15) is 0 Å². The van der Waals surface area contributed by atoms with Crippen molar-refractivity contribution in [2.24, 2.45) is 0 Å². The van der Waals surface area contributed by atoms with Gasteiger partial charge in [0.2, 0.25) is 0 Å². The van der Waals surface area contributed by atoms with Gasteiger partial charge in [0.25, 0.3) is 0 Å². The molecule has 1 N–H and O–H groups in total. The van der Waals surface area contributed by atoms with Crippen LogP contribution in [0.3, 0.4) is 0 Å². The van der Waals surface area contributed by atoms with Crippen LogP contribution in [0.15, 0.2) is 33.6 Å². The second-order valence-electron chi connectivity index (χ2n) is 4.30. The molecule has 0 spiro atoms. The Morgan fingerprint density at radius 2 is 2.16 bits per heavy atom. The number of thioether (sulfide) groups is 1. The Morgan fingerprint density at radius 3 is 2.79 bits per heavy atom. The largest absolute Gasteiger partial charge is 0.392 e. The number of rotatable bonds is 8. The number of benzene rings is 1. The van der Waals surface area contributed by atoms with Crippen LogP contribution in [0.5, 0.6) is 0 Å². The number of hydrogen-bond acceptors (Lipinski definition) is 4. The standard InChI is InChI=1S/C13H19BrO3S2/c1-2-19(16,17)8-4-6-12(15)10-18-13-7-3-5-11(14)9-13/h3,5,7,9,12,15H,2,4,6,8,10H2,1H3. The molecule has 0 fully saturated rings. The normalized spacial score (nSPS) is 13.4. The first-order valence-electron chi connectivity index (χ1n) is 6.20. The molecule has 0 heterocycles. The van der Waals surface area contributed by atoms with Crippen molar-refractivity contribution in [1.29, 1.82) is 0 Å². The minimum Gasteiger partial charge on any atom is -0.392 e. The molecule has 0 aliphatic carbocycles. The second-order valence-corrected chi connectivity index (χ2v) is 8.78. The highest BCUT2D eigenvalue weighted by atomic mass is 79.9. The van der Waals surface area contributed by atoms with Gasteiger partial charge in [0.15, 0.2) is 0 Å². The highest BCUT2D eigenvalue weighted by Crippen LogP contribution is 2.23. The molecule has 0 saturated heterocycles. The molecule has 0 amide bonds. The fourth-order valence-corrected chi connectivity index (χ4v) is 3.90. The zero-order valence-corrected chi connectivity index (χ0v) is 14.1. The van der Waals surface area contributed by atoms with Crippen molar-refractivity contribution in [2.45, 2.75) is 30.8 Å². The molecule has 1 aromatic carbocycles. The first-order chi connectivity index (χ1) is 8.93. The molecule has 0 saturated carbocycles. The number of aliphatic hydroxyl groups is 1. The number of aliphatic hydroxyl groups excluding tert-OH is 1. The lowest BCUT2D eigenvalue weighted by Crippen LogP contribution is -2.14. The Bertz CT molecular complexity index is 488. The summed E-state index contributed by atoms with van der Waals surface area (Å²) in [5.74, 6) is 0.931. The Balaban J connectivity index is 2.27. The fraction of sp³-hybridized carbons (Fsp3) is 0.538. The van der Waals surface area contributed by atoms with E-state index in [-0.39, 0.29) is 11.5 Å². The Labute approximate surface area is 127 Å². The van der Waals surface area contributed by atoms with Crippen molar-refractivity contribution in [3.05, 3.63) is 28.7 Å². The summed E-state index contributed by atoms with van der Waals surface area (Å²) in [4.78, 5) is 1.09. The van der Waals surface area contributed by atoms with Gasteiger partial charge >= 0.3 is 0 Å². The Morgan fingerprint density at radius 1 is 1.42 bits per heavy atom. The van der Waals surface area contributed by atoms with Gasteiger partial charge in [-0.05, 0) is 31.0 Å². The van der Waals surface area contributed by atoms with Gasteiger partial charge in [0.1, 0.15) is 9.84 Å². The quantitative estimate of drug-likeness (QED) is 0.718. The molecule has 0 bridgehead atoms. The molecule has 1 unspecified atom stereocenters. The average Bonchev–Trinajstić information content (AvgIpc) is 2.36. The summed E-state index contributed by atoms with van der Waals surface area (Å²) >= 11 is 4.98. The smallest absolute Gasteiger partial charge is 0.150 e. The van der Waals surface area contributed by atoms with Crippen LogP contribution in [0.2, 0.25) is 0 Å². The maximum Gasteiger partial charge on any atom is 0.150 e. The van der Waals surface area contributed by atoms with Crippen LogP contribution in [-0.2, 0) is 9.84 Å². The molecule has 19 heavy (non-hydrogen) atoms. The maximum atomic E-state index is 11.3. The SMILES string of the molecule is CCS(=O)(=O)CCCC(O)CSc1cccc(Br)c1. The van der Waals surface area contributed by atoms with Gasteiger partial charge in [0, 0.05) is 20.9 Å². The lowest BCUT2D eigenvalue weighted by Gasteiger charge is -2.10. The molecule has 1 aromatic rings. The molecule has 1 atom stereocenters. The zero-order chi connectivity index (χ0) is 14.3. The third kappa shape index (κ3) is 7.34. The molecular weight excluding hydrogens is 348 g/mol. The minimum absolute atomic E-state index is 0.169. The first-order valence-corrected chi connectivity index (χ1v) is 9.80. The molecular formula is C13H19BrO3S2. The van der Waals surface area contributed by atoms with E-state index < -0.39 is 15.9 Å². The van der Waals surface area contributed by atoms with Crippen LogP contribution in [0.4, 0.5) is 0 Å². The highest BCUT2D eigenvalue weighted by molar-refractivity contribution is 9.10. The predicted octanol–water partition coefficient (Wildman–Crippen LogP) is 3.12. The van der Waals surface area contributed by atoms with E-state index in [1.807, 2.05) is 24.3 Å². The van der Waals surface area contributed by atoms with E-state index in [1.54, 1.807) is 18.7 Å². The van der Waals surface area contributed by atoms with Gasteiger partial charge in [-0.15, -0.1) is 11.8 Å². The van der Waals surface area contributed by atoms with E-state index in [0.29, 0.717) is 18.6 Å².